The van der Waals surface area contributed by atoms with Crippen molar-refractivity contribution < 1.29 is 22.6 Å². The Morgan fingerprint density at radius 1 is 0.920 bits per heavy atom. The van der Waals surface area contributed by atoms with Crippen LogP contribution in [-0.4, -0.2) is 36.3 Å². The molecule has 8 heteroatoms. The summed E-state index contributed by atoms with van der Waals surface area (Å²) < 4.78 is 43.6. The molecule has 0 atom stereocenters. The zero-order valence-electron chi connectivity index (χ0n) is 14.4. The van der Waals surface area contributed by atoms with Crippen molar-refractivity contribution in [1.82, 2.24) is 0 Å². The molecule has 0 aliphatic rings. The van der Waals surface area contributed by atoms with E-state index < -0.39 is 10.0 Å². The smallest absolute Gasteiger partial charge is 0.264 e. The van der Waals surface area contributed by atoms with E-state index in [4.69, 9.17) is 14.2 Å². The maximum atomic E-state index is 13.1. The molecule has 0 saturated heterocycles. The molecule has 0 radical (unpaired) electrons. The van der Waals surface area contributed by atoms with Gasteiger partial charge in [0.2, 0.25) is 0 Å². The molecule has 0 aromatic heterocycles. The Morgan fingerprint density at radius 3 is 2.04 bits per heavy atom. The van der Waals surface area contributed by atoms with Crippen molar-refractivity contribution in [2.75, 3.05) is 32.2 Å². The molecule has 0 heterocycles. The summed E-state index contributed by atoms with van der Waals surface area (Å²) in [4.78, 5) is 0.164. The van der Waals surface area contributed by atoms with Gasteiger partial charge in [-0.05, 0) is 53.2 Å². The van der Waals surface area contributed by atoms with Crippen LogP contribution in [0.1, 0.15) is 6.92 Å². The predicted molar refractivity (Wildman–Crippen MR) is 100 cm³/mol. The fourth-order valence-electron chi connectivity index (χ4n) is 2.41. The number of rotatable bonds is 7. The molecule has 6 nitrogen and oxygen atoms in total. The molecular weight excluding hydrogens is 410 g/mol. The van der Waals surface area contributed by atoms with Gasteiger partial charge in [0.05, 0.1) is 36.4 Å². The van der Waals surface area contributed by atoms with E-state index in [2.05, 4.69) is 15.9 Å². The molecule has 0 saturated carbocycles. The minimum absolute atomic E-state index is 0.164. The van der Waals surface area contributed by atoms with Crippen LogP contribution in [0.2, 0.25) is 0 Å². The Morgan fingerprint density at radius 2 is 1.52 bits per heavy atom. The maximum Gasteiger partial charge on any atom is 0.264 e. The monoisotopic (exact) mass is 429 g/mol. The van der Waals surface area contributed by atoms with E-state index >= 15 is 0 Å². The number of methoxy groups -OCH3 is 3. The Labute approximate surface area is 156 Å². The maximum absolute atomic E-state index is 13.1. The van der Waals surface area contributed by atoms with Crippen molar-refractivity contribution in [3.05, 3.63) is 40.9 Å². The lowest BCUT2D eigenvalue weighted by Gasteiger charge is -2.24. The van der Waals surface area contributed by atoms with Crippen LogP contribution in [0, 0.1) is 0 Å². The van der Waals surface area contributed by atoms with Gasteiger partial charge in [-0.3, -0.25) is 4.31 Å². The van der Waals surface area contributed by atoms with E-state index in [1.807, 2.05) is 0 Å². The number of hydrogen-bond acceptors (Lipinski definition) is 5. The number of anilines is 1. The molecule has 136 valence electrons. The molecule has 0 amide bonds. The molecule has 0 fully saturated rings. The van der Waals surface area contributed by atoms with Crippen LogP contribution in [0.4, 0.5) is 5.69 Å². The Bertz CT molecular complexity index is 854. The Kier molecular flexibility index (Phi) is 6.18. The summed E-state index contributed by atoms with van der Waals surface area (Å²) in [7, 11) is 0.815. The third kappa shape index (κ3) is 3.85. The zero-order valence-corrected chi connectivity index (χ0v) is 16.8. The first-order valence-corrected chi connectivity index (χ1v) is 9.70. The van der Waals surface area contributed by atoms with Gasteiger partial charge < -0.3 is 14.2 Å². The van der Waals surface area contributed by atoms with Crippen molar-refractivity contribution in [3.63, 3.8) is 0 Å². The average molecular weight is 430 g/mol. The third-order valence-electron chi connectivity index (χ3n) is 3.65. The fourth-order valence-corrected chi connectivity index (χ4v) is 4.59. The molecule has 2 aromatic rings. The van der Waals surface area contributed by atoms with Crippen molar-refractivity contribution in [3.8, 4) is 17.2 Å². The van der Waals surface area contributed by atoms with E-state index in [1.165, 1.54) is 37.8 Å². The molecule has 0 spiro atoms. The first-order chi connectivity index (χ1) is 11.9. The van der Waals surface area contributed by atoms with E-state index in [-0.39, 0.29) is 11.4 Å². The van der Waals surface area contributed by atoms with Crippen LogP contribution in [0.15, 0.2) is 45.8 Å². The lowest BCUT2D eigenvalue weighted by molar-refractivity contribution is 0.355. The minimum atomic E-state index is -3.74. The second-order valence-corrected chi connectivity index (χ2v) is 7.72. The first-order valence-electron chi connectivity index (χ1n) is 7.47. The number of hydrogen-bond donors (Lipinski definition) is 0. The summed E-state index contributed by atoms with van der Waals surface area (Å²) in [5, 5.41) is 0. The van der Waals surface area contributed by atoms with E-state index in [0.717, 1.165) is 0 Å². The summed E-state index contributed by atoms with van der Waals surface area (Å²) >= 11 is 3.32. The molecular formula is C17H20BrNO5S. The first kappa shape index (κ1) is 19.4. The van der Waals surface area contributed by atoms with Crippen molar-refractivity contribution in [2.24, 2.45) is 0 Å². The van der Waals surface area contributed by atoms with Gasteiger partial charge in [0.25, 0.3) is 10.0 Å². The van der Waals surface area contributed by atoms with E-state index in [0.29, 0.717) is 27.4 Å². The number of halogens is 1. The van der Waals surface area contributed by atoms with Crippen molar-refractivity contribution in [1.29, 1.82) is 0 Å². The van der Waals surface area contributed by atoms with Gasteiger partial charge >= 0.3 is 0 Å². The van der Waals surface area contributed by atoms with Gasteiger partial charge in [0.15, 0.2) is 11.5 Å². The molecule has 0 aliphatic carbocycles. The highest BCUT2D eigenvalue weighted by Gasteiger charge is 2.25. The standard InChI is InChI=1S/C17H20BrNO5S/c1-5-19(12-6-8-16(23-3)17(10-12)24-4)25(20,21)13-7-9-15(22-2)14(18)11-13/h6-11H,5H2,1-4H3. The second kappa shape index (κ2) is 7.97. The molecule has 0 N–H and O–H groups in total. The largest absolute Gasteiger partial charge is 0.496 e. The van der Waals surface area contributed by atoms with Crippen LogP contribution < -0.4 is 18.5 Å². The Hall–Kier alpha value is -1.93. The van der Waals surface area contributed by atoms with Gasteiger partial charge in [-0.2, -0.15) is 0 Å². The highest BCUT2D eigenvalue weighted by atomic mass is 79.9. The van der Waals surface area contributed by atoms with Gasteiger partial charge in [0.1, 0.15) is 5.75 Å². The van der Waals surface area contributed by atoms with Gasteiger partial charge in [-0.25, -0.2) is 8.42 Å². The highest BCUT2D eigenvalue weighted by molar-refractivity contribution is 9.10. The van der Waals surface area contributed by atoms with Crippen molar-refractivity contribution >= 4 is 31.6 Å². The van der Waals surface area contributed by atoms with Crippen LogP contribution in [0.3, 0.4) is 0 Å². The lowest BCUT2D eigenvalue weighted by atomic mass is 10.2. The predicted octanol–water partition coefficient (Wildman–Crippen LogP) is 3.69. The summed E-state index contributed by atoms with van der Waals surface area (Å²) in [6, 6.07) is 9.65. The van der Waals surface area contributed by atoms with Gasteiger partial charge in [0, 0.05) is 12.6 Å². The number of benzene rings is 2. The van der Waals surface area contributed by atoms with Crippen LogP contribution in [-0.2, 0) is 10.0 Å². The third-order valence-corrected chi connectivity index (χ3v) is 6.17. The topological polar surface area (TPSA) is 65.1 Å². The normalized spacial score (nSPS) is 11.1. The molecule has 25 heavy (non-hydrogen) atoms. The molecule has 0 unspecified atom stereocenters. The van der Waals surface area contributed by atoms with Crippen LogP contribution in [0.25, 0.3) is 0 Å². The molecule has 0 aliphatic heterocycles. The number of nitrogens with zero attached hydrogens (tertiary/aromatic N) is 1. The minimum Gasteiger partial charge on any atom is -0.496 e. The lowest BCUT2D eigenvalue weighted by Crippen LogP contribution is -2.30. The zero-order chi connectivity index (χ0) is 18.6. The summed E-state index contributed by atoms with van der Waals surface area (Å²) in [6.45, 7) is 2.04. The van der Waals surface area contributed by atoms with Gasteiger partial charge in [-0.15, -0.1) is 0 Å². The summed E-state index contributed by atoms with van der Waals surface area (Å²) in [5.41, 5.74) is 0.493. The molecule has 2 rings (SSSR count). The van der Waals surface area contributed by atoms with E-state index in [1.54, 1.807) is 31.2 Å². The van der Waals surface area contributed by atoms with E-state index in [9.17, 15) is 8.42 Å². The quantitative estimate of drug-likeness (QED) is 0.671. The summed E-state index contributed by atoms with van der Waals surface area (Å²) in [5.74, 6) is 1.56. The SMILES string of the molecule is CCN(c1ccc(OC)c(OC)c1)S(=O)(=O)c1ccc(OC)c(Br)c1. The van der Waals surface area contributed by atoms with Crippen LogP contribution in [0.5, 0.6) is 17.2 Å². The number of ether oxygens (including phenoxy) is 3. The fraction of sp³-hybridized carbons (Fsp3) is 0.294. The Balaban J connectivity index is 2.50. The number of sulfonamides is 1. The molecule has 0 bridgehead atoms. The van der Waals surface area contributed by atoms with Crippen LogP contribution >= 0.6 is 15.9 Å². The van der Waals surface area contributed by atoms with Crippen molar-refractivity contribution in [2.45, 2.75) is 11.8 Å². The second-order valence-electron chi connectivity index (χ2n) is 5.01. The molecule has 2 aromatic carbocycles. The summed E-state index contributed by atoms with van der Waals surface area (Å²) in [6.07, 6.45) is 0. The van der Waals surface area contributed by atoms with Gasteiger partial charge in [-0.1, -0.05) is 0 Å². The average Bonchev–Trinajstić information content (AvgIpc) is 2.61. The highest BCUT2D eigenvalue weighted by Crippen LogP contribution is 2.35.